The highest BCUT2D eigenvalue weighted by Gasteiger charge is 2.11. The van der Waals surface area contributed by atoms with E-state index < -0.39 is 0 Å². The summed E-state index contributed by atoms with van der Waals surface area (Å²) in [5, 5.41) is 3.48. The van der Waals surface area contributed by atoms with E-state index in [1.165, 1.54) is 13.2 Å². The minimum atomic E-state index is -0.335. The van der Waals surface area contributed by atoms with Gasteiger partial charge in [-0.25, -0.2) is 0 Å². The number of hydrogen-bond donors (Lipinski definition) is 2. The van der Waals surface area contributed by atoms with Crippen molar-refractivity contribution in [2.24, 2.45) is 0 Å². The molecule has 0 bridgehead atoms. The maximum Gasteiger partial charge on any atom is 0.257 e. The smallest absolute Gasteiger partial charge is 0.257 e. The van der Waals surface area contributed by atoms with Gasteiger partial charge in [0, 0.05) is 16.8 Å². The van der Waals surface area contributed by atoms with Crippen LogP contribution in [-0.2, 0) is 0 Å². The van der Waals surface area contributed by atoms with Crippen molar-refractivity contribution in [2.75, 3.05) is 18.2 Å². The van der Waals surface area contributed by atoms with Gasteiger partial charge in [0.2, 0.25) is 0 Å². The molecule has 0 spiro atoms. The van der Waals surface area contributed by atoms with Gasteiger partial charge in [-0.2, -0.15) is 0 Å². The zero-order valence-corrected chi connectivity index (χ0v) is 12.1. The number of ether oxygens (including phenoxy) is 1. The summed E-state index contributed by atoms with van der Waals surface area (Å²) in [5.41, 5.74) is 7.11. The van der Waals surface area contributed by atoms with Crippen LogP contribution < -0.4 is 15.8 Å². The van der Waals surface area contributed by atoms with E-state index in [9.17, 15) is 4.79 Å². The van der Waals surface area contributed by atoms with Crippen molar-refractivity contribution in [2.45, 2.75) is 0 Å². The molecule has 0 unspecified atom stereocenters. The van der Waals surface area contributed by atoms with Crippen LogP contribution in [0.5, 0.6) is 5.75 Å². The summed E-state index contributed by atoms with van der Waals surface area (Å²) in [5.74, 6) is 0.156. The second kappa shape index (κ2) is 6.03. The van der Waals surface area contributed by atoms with Gasteiger partial charge in [-0.05, 0) is 30.3 Å². The summed E-state index contributed by atoms with van der Waals surface area (Å²) >= 11 is 11.8. The first-order valence-corrected chi connectivity index (χ1v) is 6.47. The van der Waals surface area contributed by atoms with Crippen LogP contribution in [0.25, 0.3) is 0 Å². The van der Waals surface area contributed by atoms with Crippen LogP contribution in [0.3, 0.4) is 0 Å². The first kappa shape index (κ1) is 14.5. The predicted molar refractivity (Wildman–Crippen MR) is 81.8 cm³/mol. The summed E-state index contributed by atoms with van der Waals surface area (Å²) < 4.78 is 5.09. The first-order valence-electron chi connectivity index (χ1n) is 5.71. The van der Waals surface area contributed by atoms with Crippen LogP contribution in [0.2, 0.25) is 10.0 Å². The average Bonchev–Trinajstić information content (AvgIpc) is 2.40. The summed E-state index contributed by atoms with van der Waals surface area (Å²) in [7, 11) is 1.51. The fourth-order valence-electron chi connectivity index (χ4n) is 1.66. The molecular formula is C14H12Cl2N2O2. The van der Waals surface area contributed by atoms with Crippen molar-refractivity contribution in [1.29, 1.82) is 0 Å². The quantitative estimate of drug-likeness (QED) is 0.847. The Morgan fingerprint density at radius 3 is 2.60 bits per heavy atom. The Labute approximate surface area is 126 Å². The van der Waals surface area contributed by atoms with Gasteiger partial charge in [-0.1, -0.05) is 23.2 Å². The van der Waals surface area contributed by atoms with E-state index in [2.05, 4.69) is 5.32 Å². The molecule has 3 N–H and O–H groups in total. The molecule has 20 heavy (non-hydrogen) atoms. The van der Waals surface area contributed by atoms with Crippen LogP contribution >= 0.6 is 23.2 Å². The van der Waals surface area contributed by atoms with E-state index in [1.807, 2.05) is 0 Å². The average molecular weight is 311 g/mol. The summed E-state index contributed by atoms with van der Waals surface area (Å²) in [6.45, 7) is 0. The van der Waals surface area contributed by atoms with Crippen LogP contribution in [-0.4, -0.2) is 13.0 Å². The molecule has 0 saturated carbocycles. The molecule has 2 aromatic carbocycles. The predicted octanol–water partition coefficient (Wildman–Crippen LogP) is 3.84. The van der Waals surface area contributed by atoms with Gasteiger partial charge in [0.05, 0.1) is 23.4 Å². The molecule has 0 aromatic heterocycles. The highest BCUT2D eigenvalue weighted by molar-refractivity contribution is 6.37. The number of halogens is 2. The molecule has 0 fully saturated rings. The van der Waals surface area contributed by atoms with Crippen molar-refractivity contribution in [3.63, 3.8) is 0 Å². The Balaban J connectivity index is 2.23. The number of nitrogen functional groups attached to an aromatic ring is 1. The lowest BCUT2D eigenvalue weighted by Crippen LogP contribution is -2.12. The SMILES string of the molecule is COc1cc(NC(=O)c2ccc(Cl)cc2Cl)ccc1N. The molecule has 0 radical (unpaired) electrons. The molecule has 0 atom stereocenters. The minimum Gasteiger partial charge on any atom is -0.495 e. The highest BCUT2D eigenvalue weighted by atomic mass is 35.5. The Hall–Kier alpha value is -1.91. The Kier molecular flexibility index (Phi) is 4.37. The lowest BCUT2D eigenvalue weighted by Gasteiger charge is -2.10. The molecule has 0 aliphatic carbocycles. The molecule has 2 rings (SSSR count). The van der Waals surface area contributed by atoms with E-state index in [-0.39, 0.29) is 10.9 Å². The lowest BCUT2D eigenvalue weighted by atomic mass is 10.2. The fourth-order valence-corrected chi connectivity index (χ4v) is 2.16. The number of amides is 1. The number of carbonyl (C=O) groups excluding carboxylic acids is 1. The Morgan fingerprint density at radius 2 is 1.95 bits per heavy atom. The highest BCUT2D eigenvalue weighted by Crippen LogP contribution is 2.26. The number of benzene rings is 2. The normalized spacial score (nSPS) is 10.2. The van der Waals surface area contributed by atoms with Gasteiger partial charge < -0.3 is 15.8 Å². The molecule has 6 heteroatoms. The number of anilines is 2. The van der Waals surface area contributed by atoms with E-state index >= 15 is 0 Å². The van der Waals surface area contributed by atoms with Gasteiger partial charge >= 0.3 is 0 Å². The molecule has 104 valence electrons. The van der Waals surface area contributed by atoms with E-state index in [0.717, 1.165) is 0 Å². The maximum atomic E-state index is 12.1. The summed E-state index contributed by atoms with van der Waals surface area (Å²) in [6.07, 6.45) is 0. The van der Waals surface area contributed by atoms with E-state index in [0.29, 0.717) is 27.7 Å². The Bertz CT molecular complexity index is 660. The first-order chi connectivity index (χ1) is 9.51. The minimum absolute atomic E-state index is 0.289. The number of nitrogens with two attached hydrogens (primary N) is 1. The molecule has 0 aliphatic heterocycles. The summed E-state index contributed by atoms with van der Waals surface area (Å²) in [6, 6.07) is 9.65. The fraction of sp³-hybridized carbons (Fsp3) is 0.0714. The lowest BCUT2D eigenvalue weighted by molar-refractivity contribution is 0.102. The second-order valence-electron chi connectivity index (χ2n) is 4.04. The van der Waals surface area contributed by atoms with Crippen molar-refractivity contribution in [3.05, 3.63) is 52.0 Å². The standard InChI is InChI=1S/C14H12Cl2N2O2/c1-20-13-7-9(3-5-12(13)17)18-14(19)10-4-2-8(15)6-11(10)16/h2-7H,17H2,1H3,(H,18,19). The molecule has 4 nitrogen and oxygen atoms in total. The van der Waals surface area contributed by atoms with Gasteiger partial charge in [-0.15, -0.1) is 0 Å². The van der Waals surface area contributed by atoms with E-state index in [4.69, 9.17) is 33.7 Å². The largest absolute Gasteiger partial charge is 0.495 e. The third-order valence-corrected chi connectivity index (χ3v) is 3.21. The zero-order valence-electron chi connectivity index (χ0n) is 10.6. The molecule has 0 saturated heterocycles. The molecular weight excluding hydrogens is 299 g/mol. The Morgan fingerprint density at radius 1 is 1.20 bits per heavy atom. The van der Waals surface area contributed by atoms with Crippen molar-refractivity contribution in [1.82, 2.24) is 0 Å². The third-order valence-electron chi connectivity index (χ3n) is 2.67. The maximum absolute atomic E-state index is 12.1. The van der Waals surface area contributed by atoms with Crippen LogP contribution in [0, 0.1) is 0 Å². The van der Waals surface area contributed by atoms with E-state index in [1.54, 1.807) is 30.3 Å². The van der Waals surface area contributed by atoms with Crippen molar-refractivity contribution >= 4 is 40.5 Å². The molecule has 2 aromatic rings. The van der Waals surface area contributed by atoms with Gasteiger partial charge in [-0.3, -0.25) is 4.79 Å². The molecule has 0 heterocycles. The monoisotopic (exact) mass is 310 g/mol. The van der Waals surface area contributed by atoms with Crippen molar-refractivity contribution in [3.8, 4) is 5.75 Å². The zero-order chi connectivity index (χ0) is 14.7. The number of rotatable bonds is 3. The van der Waals surface area contributed by atoms with Gasteiger partial charge in [0.1, 0.15) is 5.75 Å². The summed E-state index contributed by atoms with van der Waals surface area (Å²) in [4.78, 5) is 12.1. The molecule has 1 amide bonds. The number of nitrogens with one attached hydrogen (secondary N) is 1. The van der Waals surface area contributed by atoms with Gasteiger partial charge in [0.15, 0.2) is 0 Å². The van der Waals surface area contributed by atoms with Gasteiger partial charge in [0.25, 0.3) is 5.91 Å². The van der Waals surface area contributed by atoms with Crippen LogP contribution in [0.4, 0.5) is 11.4 Å². The molecule has 0 aliphatic rings. The number of hydrogen-bond acceptors (Lipinski definition) is 3. The second-order valence-corrected chi connectivity index (χ2v) is 4.88. The number of carbonyl (C=O) groups is 1. The van der Waals surface area contributed by atoms with Crippen LogP contribution in [0.1, 0.15) is 10.4 Å². The topological polar surface area (TPSA) is 64.3 Å². The third kappa shape index (κ3) is 3.15. The number of methoxy groups -OCH3 is 1. The van der Waals surface area contributed by atoms with Crippen LogP contribution in [0.15, 0.2) is 36.4 Å². The van der Waals surface area contributed by atoms with Crippen molar-refractivity contribution < 1.29 is 9.53 Å².